The molecular formula is C21H20ClFN2O5S. The highest BCUT2D eigenvalue weighted by Gasteiger charge is 2.28. The van der Waals surface area contributed by atoms with Crippen LogP contribution in [0.1, 0.15) is 12.0 Å². The Hall–Kier alpha value is -2.62. The third kappa shape index (κ3) is 4.68. The average Bonchev–Trinajstić information content (AvgIpc) is 3.08. The predicted octanol–water partition coefficient (Wildman–Crippen LogP) is 3.14. The topological polar surface area (TPSA) is 76.2 Å². The van der Waals surface area contributed by atoms with Crippen molar-refractivity contribution in [1.29, 1.82) is 0 Å². The molecule has 1 saturated heterocycles. The SMILES string of the molecule is O=C(C=Cc1cc(Cl)c2c(c1)OCO2)N1CCCN(S(=O)(=O)c2ccc(F)cc2)CC1. The Morgan fingerprint density at radius 3 is 2.61 bits per heavy atom. The van der Waals surface area contributed by atoms with Crippen molar-refractivity contribution < 1.29 is 27.1 Å². The Morgan fingerprint density at radius 2 is 1.84 bits per heavy atom. The van der Waals surface area contributed by atoms with Crippen LogP contribution in [0, 0.1) is 5.82 Å². The number of ether oxygens (including phenoxy) is 2. The van der Waals surface area contributed by atoms with Gasteiger partial charge in [-0.2, -0.15) is 4.31 Å². The summed E-state index contributed by atoms with van der Waals surface area (Å²) in [6, 6.07) is 8.15. The Bertz CT molecular complexity index is 1120. The lowest BCUT2D eigenvalue weighted by Crippen LogP contribution is -2.36. The molecule has 10 heteroatoms. The summed E-state index contributed by atoms with van der Waals surface area (Å²) in [5.41, 5.74) is 0.693. The molecule has 164 valence electrons. The third-order valence-electron chi connectivity index (χ3n) is 5.09. The maximum absolute atomic E-state index is 13.1. The Labute approximate surface area is 184 Å². The molecule has 31 heavy (non-hydrogen) atoms. The molecule has 0 spiro atoms. The number of halogens is 2. The zero-order valence-electron chi connectivity index (χ0n) is 16.5. The summed E-state index contributed by atoms with van der Waals surface area (Å²) >= 11 is 6.16. The lowest BCUT2D eigenvalue weighted by atomic mass is 10.2. The minimum atomic E-state index is -3.75. The molecule has 0 aliphatic carbocycles. The van der Waals surface area contributed by atoms with E-state index in [1.165, 1.54) is 22.5 Å². The minimum Gasteiger partial charge on any atom is -0.454 e. The second kappa shape index (κ2) is 8.86. The van der Waals surface area contributed by atoms with E-state index >= 15 is 0 Å². The normalized spacial score (nSPS) is 17.2. The van der Waals surface area contributed by atoms with Crippen molar-refractivity contribution >= 4 is 33.6 Å². The smallest absolute Gasteiger partial charge is 0.246 e. The van der Waals surface area contributed by atoms with Crippen molar-refractivity contribution in [3.8, 4) is 11.5 Å². The fourth-order valence-electron chi connectivity index (χ4n) is 3.47. The van der Waals surface area contributed by atoms with E-state index in [-0.39, 0.29) is 37.2 Å². The van der Waals surface area contributed by atoms with Crippen molar-refractivity contribution in [1.82, 2.24) is 9.21 Å². The van der Waals surface area contributed by atoms with Crippen LogP contribution >= 0.6 is 11.6 Å². The maximum atomic E-state index is 13.1. The predicted molar refractivity (Wildman–Crippen MR) is 113 cm³/mol. The van der Waals surface area contributed by atoms with Gasteiger partial charge in [0.05, 0.1) is 9.92 Å². The average molecular weight is 467 g/mol. The second-order valence-electron chi connectivity index (χ2n) is 7.11. The highest BCUT2D eigenvalue weighted by molar-refractivity contribution is 7.89. The van der Waals surface area contributed by atoms with Crippen LogP contribution in [0.15, 0.2) is 47.4 Å². The number of sulfonamides is 1. The van der Waals surface area contributed by atoms with E-state index in [1.807, 2.05) is 0 Å². The quantitative estimate of drug-likeness (QED) is 0.647. The van der Waals surface area contributed by atoms with Gasteiger partial charge in [0.1, 0.15) is 5.82 Å². The van der Waals surface area contributed by atoms with E-state index in [0.717, 1.165) is 12.1 Å². The summed E-state index contributed by atoms with van der Waals surface area (Å²) in [4.78, 5) is 14.3. The number of carbonyl (C=O) groups excluding carboxylic acids is 1. The molecule has 0 N–H and O–H groups in total. The van der Waals surface area contributed by atoms with Gasteiger partial charge < -0.3 is 14.4 Å². The number of rotatable bonds is 4. The number of hydrogen-bond acceptors (Lipinski definition) is 5. The summed E-state index contributed by atoms with van der Waals surface area (Å²) in [6.45, 7) is 1.23. The monoisotopic (exact) mass is 466 g/mol. The summed E-state index contributed by atoms with van der Waals surface area (Å²) in [5.74, 6) is 0.285. The number of carbonyl (C=O) groups is 1. The molecule has 0 atom stereocenters. The molecule has 4 rings (SSSR count). The zero-order chi connectivity index (χ0) is 22.0. The maximum Gasteiger partial charge on any atom is 0.246 e. The van der Waals surface area contributed by atoms with Gasteiger partial charge in [0.15, 0.2) is 11.5 Å². The minimum absolute atomic E-state index is 0.0354. The van der Waals surface area contributed by atoms with Gasteiger partial charge in [-0.05, 0) is 54.5 Å². The van der Waals surface area contributed by atoms with Crippen LogP contribution in [-0.4, -0.2) is 56.5 Å². The van der Waals surface area contributed by atoms with E-state index in [0.29, 0.717) is 35.1 Å². The number of fused-ring (bicyclic) bond motifs is 1. The van der Waals surface area contributed by atoms with Crippen LogP contribution in [-0.2, 0) is 14.8 Å². The molecule has 2 aliphatic heterocycles. The van der Waals surface area contributed by atoms with Gasteiger partial charge in [0.2, 0.25) is 22.7 Å². The molecule has 2 heterocycles. The number of hydrogen-bond donors (Lipinski definition) is 0. The fraction of sp³-hybridized carbons (Fsp3) is 0.286. The summed E-state index contributed by atoms with van der Waals surface area (Å²) in [6.07, 6.45) is 3.56. The molecule has 0 radical (unpaired) electrons. The third-order valence-corrected chi connectivity index (χ3v) is 7.28. The molecule has 2 aromatic rings. The molecular weight excluding hydrogens is 447 g/mol. The molecule has 7 nitrogen and oxygen atoms in total. The van der Waals surface area contributed by atoms with Crippen molar-refractivity contribution in [2.45, 2.75) is 11.3 Å². The molecule has 1 fully saturated rings. The van der Waals surface area contributed by atoms with Gasteiger partial charge in [0.25, 0.3) is 0 Å². The van der Waals surface area contributed by atoms with Crippen LogP contribution < -0.4 is 9.47 Å². The molecule has 1 amide bonds. The highest BCUT2D eigenvalue weighted by Crippen LogP contribution is 2.40. The number of nitrogens with zero attached hydrogens (tertiary/aromatic N) is 2. The van der Waals surface area contributed by atoms with Crippen LogP contribution in [0.25, 0.3) is 6.08 Å². The lowest BCUT2D eigenvalue weighted by Gasteiger charge is -2.21. The van der Waals surface area contributed by atoms with Crippen LogP contribution in [0.4, 0.5) is 4.39 Å². The first kappa shape index (κ1) is 21.6. The summed E-state index contributed by atoms with van der Waals surface area (Å²) in [7, 11) is -3.75. The van der Waals surface area contributed by atoms with E-state index in [2.05, 4.69) is 0 Å². The molecule has 2 aliphatic rings. The standard InChI is InChI=1S/C21H20ClFN2O5S/c22-18-12-15(13-19-21(18)30-14-29-19)2-7-20(26)24-8-1-9-25(11-10-24)31(27,28)17-5-3-16(23)4-6-17/h2-7,12-13H,1,8-11,14H2. The van der Waals surface area contributed by atoms with E-state index in [4.69, 9.17) is 21.1 Å². The van der Waals surface area contributed by atoms with Gasteiger partial charge >= 0.3 is 0 Å². The Morgan fingerprint density at radius 1 is 1.06 bits per heavy atom. The van der Waals surface area contributed by atoms with E-state index in [9.17, 15) is 17.6 Å². The van der Waals surface area contributed by atoms with Crippen molar-refractivity contribution in [2.24, 2.45) is 0 Å². The van der Waals surface area contributed by atoms with Crippen LogP contribution in [0.5, 0.6) is 11.5 Å². The molecule has 2 aromatic carbocycles. The largest absolute Gasteiger partial charge is 0.454 e. The van der Waals surface area contributed by atoms with Gasteiger partial charge in [-0.1, -0.05) is 11.6 Å². The van der Waals surface area contributed by atoms with Crippen LogP contribution in [0.3, 0.4) is 0 Å². The van der Waals surface area contributed by atoms with Crippen molar-refractivity contribution in [3.05, 3.63) is 58.9 Å². The van der Waals surface area contributed by atoms with E-state index < -0.39 is 15.8 Å². The lowest BCUT2D eigenvalue weighted by molar-refractivity contribution is -0.125. The summed E-state index contributed by atoms with van der Waals surface area (Å²) in [5, 5.41) is 0.401. The Balaban J connectivity index is 1.41. The second-order valence-corrected chi connectivity index (χ2v) is 9.45. The number of amides is 1. The zero-order valence-corrected chi connectivity index (χ0v) is 18.0. The number of benzene rings is 2. The van der Waals surface area contributed by atoms with Gasteiger partial charge in [-0.3, -0.25) is 4.79 Å². The van der Waals surface area contributed by atoms with Gasteiger partial charge in [-0.15, -0.1) is 0 Å². The molecule has 0 unspecified atom stereocenters. The van der Waals surface area contributed by atoms with Crippen molar-refractivity contribution in [2.75, 3.05) is 33.0 Å². The fourth-order valence-corrected chi connectivity index (χ4v) is 5.21. The first-order valence-corrected chi connectivity index (χ1v) is 11.5. The molecule has 0 bridgehead atoms. The van der Waals surface area contributed by atoms with Crippen LogP contribution in [0.2, 0.25) is 5.02 Å². The first-order valence-electron chi connectivity index (χ1n) is 9.66. The molecule has 0 aromatic heterocycles. The first-order chi connectivity index (χ1) is 14.8. The Kier molecular flexibility index (Phi) is 6.17. The highest BCUT2D eigenvalue weighted by atomic mass is 35.5. The molecule has 0 saturated carbocycles. The van der Waals surface area contributed by atoms with Gasteiger partial charge in [-0.25, -0.2) is 12.8 Å². The van der Waals surface area contributed by atoms with Crippen molar-refractivity contribution in [3.63, 3.8) is 0 Å². The van der Waals surface area contributed by atoms with Gasteiger partial charge in [0, 0.05) is 32.3 Å². The van der Waals surface area contributed by atoms with E-state index in [1.54, 1.807) is 23.1 Å². The summed E-state index contributed by atoms with van der Waals surface area (Å²) < 4.78 is 50.7.